The molecule has 2 rings (SSSR count). The van der Waals surface area contributed by atoms with E-state index in [-0.39, 0.29) is 36.3 Å². The lowest BCUT2D eigenvalue weighted by Gasteiger charge is -2.31. The number of hydrogen-bond acceptors (Lipinski definition) is 6. The van der Waals surface area contributed by atoms with Crippen LogP contribution in [0.1, 0.15) is 47.1 Å². The summed E-state index contributed by atoms with van der Waals surface area (Å²) in [6.07, 6.45) is -1.66. The highest BCUT2D eigenvalue weighted by atomic mass is 35.5. The molecule has 1 aliphatic heterocycles. The van der Waals surface area contributed by atoms with Crippen molar-refractivity contribution in [3.05, 3.63) is 47.1 Å². The molecule has 0 N–H and O–H groups in total. The Morgan fingerprint density at radius 2 is 1.60 bits per heavy atom. The standard InChI is InChI=1S/C22H29ClN2O5/c1-13(2)28-19-22(20(26)29-14(3)4,12-17-8-10-18(23)11-9-17)16(7)25(24-19)21(27)30-15(5)6/h8-11,13-15H,7,12H2,1-6H3. The summed E-state index contributed by atoms with van der Waals surface area (Å²) in [7, 11) is 0. The number of halogens is 1. The van der Waals surface area contributed by atoms with Crippen LogP contribution in [-0.4, -0.2) is 41.3 Å². The number of rotatable bonds is 6. The smallest absolute Gasteiger partial charge is 0.435 e. The summed E-state index contributed by atoms with van der Waals surface area (Å²) >= 11 is 6.01. The Labute approximate surface area is 182 Å². The number of esters is 1. The second kappa shape index (κ2) is 9.51. The Kier molecular flexibility index (Phi) is 7.53. The molecule has 0 aromatic heterocycles. The second-order valence-electron chi connectivity index (χ2n) is 7.93. The van der Waals surface area contributed by atoms with Crippen molar-refractivity contribution in [3.63, 3.8) is 0 Å². The Hall–Kier alpha value is -2.54. The van der Waals surface area contributed by atoms with Crippen molar-refractivity contribution in [2.24, 2.45) is 10.5 Å². The minimum Gasteiger partial charge on any atom is -0.476 e. The largest absolute Gasteiger partial charge is 0.476 e. The number of amides is 1. The topological polar surface area (TPSA) is 77.4 Å². The number of ether oxygens (including phenoxy) is 3. The SMILES string of the molecule is C=C1N(C(=O)OC(C)C)N=C(OC(C)C)C1(Cc1ccc(Cl)cc1)C(=O)OC(C)C. The molecule has 8 heteroatoms. The molecule has 1 aromatic carbocycles. The van der Waals surface area contributed by atoms with Crippen LogP contribution in [0.15, 0.2) is 41.6 Å². The molecule has 0 spiro atoms. The Balaban J connectivity index is 2.58. The number of benzene rings is 1. The highest BCUT2D eigenvalue weighted by molar-refractivity contribution is 6.30. The fraction of sp³-hybridized carbons (Fsp3) is 0.500. The van der Waals surface area contributed by atoms with Crippen LogP contribution in [0.4, 0.5) is 4.79 Å². The van der Waals surface area contributed by atoms with Crippen LogP contribution < -0.4 is 0 Å². The van der Waals surface area contributed by atoms with Gasteiger partial charge >= 0.3 is 12.1 Å². The zero-order chi connectivity index (χ0) is 22.6. The van der Waals surface area contributed by atoms with E-state index in [2.05, 4.69) is 11.7 Å². The van der Waals surface area contributed by atoms with Crippen molar-refractivity contribution in [1.29, 1.82) is 0 Å². The van der Waals surface area contributed by atoms with Gasteiger partial charge in [-0.2, -0.15) is 5.01 Å². The maximum atomic E-state index is 13.4. The van der Waals surface area contributed by atoms with Crippen LogP contribution >= 0.6 is 11.6 Å². The third-order valence-corrected chi connectivity index (χ3v) is 4.49. The number of hydrazone groups is 1. The molecule has 30 heavy (non-hydrogen) atoms. The van der Waals surface area contributed by atoms with Gasteiger partial charge in [0.15, 0.2) is 5.41 Å². The zero-order valence-corrected chi connectivity index (χ0v) is 19.0. The molecule has 0 saturated heterocycles. The number of nitrogens with zero attached hydrogens (tertiary/aromatic N) is 2. The average Bonchev–Trinajstić information content (AvgIpc) is 2.88. The van der Waals surface area contributed by atoms with Crippen molar-refractivity contribution in [2.45, 2.75) is 66.3 Å². The van der Waals surface area contributed by atoms with Gasteiger partial charge in [0.05, 0.1) is 24.0 Å². The van der Waals surface area contributed by atoms with E-state index >= 15 is 0 Å². The maximum absolute atomic E-state index is 13.4. The van der Waals surface area contributed by atoms with Crippen molar-refractivity contribution in [1.82, 2.24) is 5.01 Å². The van der Waals surface area contributed by atoms with E-state index < -0.39 is 17.5 Å². The van der Waals surface area contributed by atoms with E-state index in [0.29, 0.717) is 5.02 Å². The molecule has 1 unspecified atom stereocenters. The van der Waals surface area contributed by atoms with Gasteiger partial charge in [-0.05, 0) is 59.2 Å². The zero-order valence-electron chi connectivity index (χ0n) is 18.3. The van der Waals surface area contributed by atoms with E-state index in [9.17, 15) is 9.59 Å². The van der Waals surface area contributed by atoms with Crippen molar-refractivity contribution < 1.29 is 23.8 Å². The summed E-state index contributed by atoms with van der Waals surface area (Å²) < 4.78 is 16.7. The van der Waals surface area contributed by atoms with Gasteiger partial charge in [-0.1, -0.05) is 30.3 Å². The van der Waals surface area contributed by atoms with Crippen LogP contribution in [0.25, 0.3) is 0 Å². The van der Waals surface area contributed by atoms with Crippen molar-refractivity contribution >= 4 is 29.6 Å². The fourth-order valence-corrected chi connectivity index (χ4v) is 3.09. The summed E-state index contributed by atoms with van der Waals surface area (Å²) in [5.74, 6) is -0.555. The van der Waals surface area contributed by atoms with Crippen molar-refractivity contribution in [2.75, 3.05) is 0 Å². The van der Waals surface area contributed by atoms with Gasteiger partial charge in [-0.15, -0.1) is 5.10 Å². The molecule has 1 heterocycles. The van der Waals surface area contributed by atoms with E-state index in [1.807, 2.05) is 0 Å². The van der Waals surface area contributed by atoms with Crippen LogP contribution in [0.2, 0.25) is 5.02 Å². The summed E-state index contributed by atoms with van der Waals surface area (Å²) in [5, 5.41) is 5.83. The molecule has 0 bridgehead atoms. The first-order valence-corrected chi connectivity index (χ1v) is 10.3. The van der Waals surface area contributed by atoms with E-state index in [1.165, 1.54) is 0 Å². The van der Waals surface area contributed by atoms with Crippen LogP contribution in [-0.2, 0) is 25.4 Å². The molecule has 164 valence electrons. The minimum atomic E-state index is -1.52. The van der Waals surface area contributed by atoms with Crippen molar-refractivity contribution in [3.8, 4) is 0 Å². The molecule has 0 aliphatic carbocycles. The molecule has 0 saturated carbocycles. The summed E-state index contributed by atoms with van der Waals surface area (Å²) in [5.41, 5.74) is -0.622. The molecule has 0 fully saturated rings. The van der Waals surface area contributed by atoms with E-state index in [1.54, 1.807) is 65.8 Å². The first-order chi connectivity index (χ1) is 14.0. The quantitative estimate of drug-likeness (QED) is 0.590. The predicted molar refractivity (Wildman–Crippen MR) is 115 cm³/mol. The van der Waals surface area contributed by atoms with Crippen LogP contribution in [0.3, 0.4) is 0 Å². The van der Waals surface area contributed by atoms with Gasteiger partial charge in [-0.25, -0.2) is 4.79 Å². The number of hydrogen-bond donors (Lipinski definition) is 0. The predicted octanol–water partition coefficient (Wildman–Crippen LogP) is 4.93. The molecule has 0 radical (unpaired) electrons. The molecular weight excluding hydrogens is 408 g/mol. The molecule has 1 aliphatic rings. The third-order valence-electron chi connectivity index (χ3n) is 4.23. The maximum Gasteiger partial charge on any atom is 0.435 e. The van der Waals surface area contributed by atoms with Gasteiger partial charge in [0, 0.05) is 11.4 Å². The lowest BCUT2D eigenvalue weighted by molar-refractivity contribution is -0.154. The Morgan fingerprint density at radius 1 is 1.03 bits per heavy atom. The Bertz CT molecular complexity index is 832. The normalized spacial score (nSPS) is 18.8. The first-order valence-electron chi connectivity index (χ1n) is 9.88. The summed E-state index contributed by atoms with van der Waals surface area (Å²) in [6, 6.07) is 7.03. The summed E-state index contributed by atoms with van der Waals surface area (Å²) in [6.45, 7) is 14.6. The highest BCUT2D eigenvalue weighted by Crippen LogP contribution is 2.43. The van der Waals surface area contributed by atoms with Crippen LogP contribution in [0.5, 0.6) is 0 Å². The molecule has 1 amide bonds. The fourth-order valence-electron chi connectivity index (χ4n) is 2.97. The molecule has 1 atom stereocenters. The second-order valence-corrected chi connectivity index (χ2v) is 8.36. The van der Waals surface area contributed by atoms with Gasteiger partial charge < -0.3 is 14.2 Å². The monoisotopic (exact) mass is 436 g/mol. The van der Waals surface area contributed by atoms with Gasteiger partial charge in [0.2, 0.25) is 5.90 Å². The van der Waals surface area contributed by atoms with E-state index in [4.69, 9.17) is 25.8 Å². The van der Waals surface area contributed by atoms with Gasteiger partial charge in [0.1, 0.15) is 0 Å². The average molecular weight is 437 g/mol. The lowest BCUT2D eigenvalue weighted by Crippen LogP contribution is -2.46. The van der Waals surface area contributed by atoms with Crippen LogP contribution in [0, 0.1) is 5.41 Å². The van der Waals surface area contributed by atoms with Gasteiger partial charge in [0.25, 0.3) is 0 Å². The van der Waals surface area contributed by atoms with E-state index in [0.717, 1.165) is 10.6 Å². The Morgan fingerprint density at radius 3 is 2.10 bits per heavy atom. The number of carbonyl (C=O) groups excluding carboxylic acids is 2. The summed E-state index contributed by atoms with van der Waals surface area (Å²) in [4.78, 5) is 26.0. The first kappa shape index (κ1) is 23.7. The highest BCUT2D eigenvalue weighted by Gasteiger charge is 2.58. The molecule has 1 aromatic rings. The lowest BCUT2D eigenvalue weighted by atomic mass is 9.79. The number of carbonyl (C=O) groups is 2. The van der Waals surface area contributed by atoms with Gasteiger partial charge in [-0.3, -0.25) is 4.79 Å². The minimum absolute atomic E-state index is 0.0452. The third kappa shape index (κ3) is 5.14. The molecule has 7 nitrogen and oxygen atoms in total. The molecular formula is C22H29ClN2O5.